The number of likely N-dealkylation sites (tertiary alicyclic amines) is 1. The minimum absolute atomic E-state index is 0. The molecule has 3 fully saturated rings. The maximum Gasteiger partial charge on any atom is 0.225 e. The molecule has 2 aliphatic carbocycles. The van der Waals surface area contributed by atoms with Crippen LogP contribution in [0.4, 0.5) is 0 Å². The number of carbonyl (C=O) groups is 1. The summed E-state index contributed by atoms with van der Waals surface area (Å²) in [6.07, 6.45) is 10.9. The van der Waals surface area contributed by atoms with Crippen LogP contribution in [0.3, 0.4) is 0 Å². The van der Waals surface area contributed by atoms with Crippen LogP contribution < -0.4 is 10.6 Å². The van der Waals surface area contributed by atoms with Gasteiger partial charge in [-0.05, 0) is 44.4 Å². The van der Waals surface area contributed by atoms with E-state index >= 15 is 0 Å². The van der Waals surface area contributed by atoms with E-state index in [1.54, 1.807) is 0 Å². The summed E-state index contributed by atoms with van der Waals surface area (Å²) in [7, 11) is 0. The number of amides is 1. The molecule has 0 aromatic rings. The van der Waals surface area contributed by atoms with Crippen LogP contribution in [-0.4, -0.2) is 49.0 Å². The third-order valence-electron chi connectivity index (χ3n) is 6.32. The van der Waals surface area contributed by atoms with E-state index in [9.17, 15) is 4.79 Å². The predicted octanol–water partition coefficient (Wildman–Crippen LogP) is 3.53. The summed E-state index contributed by atoms with van der Waals surface area (Å²) >= 11 is 0. The molecule has 26 heavy (non-hydrogen) atoms. The first-order valence-corrected chi connectivity index (χ1v) is 10.4. The quantitative estimate of drug-likeness (QED) is 0.363. The van der Waals surface area contributed by atoms with Gasteiger partial charge in [-0.3, -0.25) is 9.79 Å². The second kappa shape index (κ2) is 10.1. The molecule has 0 radical (unpaired) electrons. The van der Waals surface area contributed by atoms with E-state index in [0.717, 1.165) is 51.4 Å². The van der Waals surface area contributed by atoms with Crippen molar-refractivity contribution in [3.8, 4) is 0 Å². The first kappa shape index (κ1) is 21.8. The fourth-order valence-electron chi connectivity index (χ4n) is 4.68. The van der Waals surface area contributed by atoms with Gasteiger partial charge in [0, 0.05) is 38.1 Å². The zero-order valence-corrected chi connectivity index (χ0v) is 18.9. The molecule has 1 atom stereocenters. The van der Waals surface area contributed by atoms with Gasteiger partial charge in [-0.1, -0.05) is 32.6 Å². The second-order valence-corrected chi connectivity index (χ2v) is 8.61. The fourth-order valence-corrected chi connectivity index (χ4v) is 4.68. The average molecular weight is 476 g/mol. The zero-order chi connectivity index (χ0) is 17.7. The Balaban J connectivity index is 0.00000243. The number of guanidine groups is 1. The van der Waals surface area contributed by atoms with Gasteiger partial charge >= 0.3 is 0 Å². The first-order valence-electron chi connectivity index (χ1n) is 10.4. The van der Waals surface area contributed by atoms with E-state index in [4.69, 9.17) is 4.99 Å². The standard InChI is InChI=1S/C20H36N4O.HI/c1-3-21-19(22-15-20(2)11-6-7-12-20)23-17-10-13-24(14-17)18(25)16-8-4-5-9-16;/h16-17H,3-15H2,1-2H3,(H2,21,22,23);1H. The molecule has 6 heteroatoms. The van der Waals surface area contributed by atoms with Crippen molar-refractivity contribution in [3.63, 3.8) is 0 Å². The summed E-state index contributed by atoms with van der Waals surface area (Å²) in [5.41, 5.74) is 0.377. The van der Waals surface area contributed by atoms with Crippen LogP contribution in [0.5, 0.6) is 0 Å². The lowest BCUT2D eigenvalue weighted by Crippen LogP contribution is -2.45. The Kier molecular flexibility index (Phi) is 8.48. The number of carbonyl (C=O) groups excluding carboxylic acids is 1. The van der Waals surface area contributed by atoms with Gasteiger partial charge < -0.3 is 15.5 Å². The Morgan fingerprint density at radius 1 is 1.15 bits per heavy atom. The van der Waals surface area contributed by atoms with Crippen molar-refractivity contribution < 1.29 is 4.79 Å². The van der Waals surface area contributed by atoms with Crippen molar-refractivity contribution >= 4 is 35.8 Å². The number of nitrogens with one attached hydrogen (secondary N) is 2. The van der Waals surface area contributed by atoms with E-state index in [1.165, 1.54) is 38.5 Å². The third-order valence-corrected chi connectivity index (χ3v) is 6.32. The molecule has 5 nitrogen and oxygen atoms in total. The maximum atomic E-state index is 12.6. The zero-order valence-electron chi connectivity index (χ0n) is 16.6. The molecule has 1 amide bonds. The minimum Gasteiger partial charge on any atom is -0.357 e. The lowest BCUT2D eigenvalue weighted by molar-refractivity contribution is -0.134. The van der Waals surface area contributed by atoms with Gasteiger partial charge in [0.1, 0.15) is 0 Å². The molecule has 1 unspecified atom stereocenters. The predicted molar refractivity (Wildman–Crippen MR) is 118 cm³/mol. The summed E-state index contributed by atoms with van der Waals surface area (Å²) in [4.78, 5) is 19.5. The summed E-state index contributed by atoms with van der Waals surface area (Å²) in [5.74, 6) is 1.61. The van der Waals surface area contributed by atoms with E-state index < -0.39 is 0 Å². The highest BCUT2D eigenvalue weighted by Crippen LogP contribution is 2.37. The monoisotopic (exact) mass is 476 g/mol. The minimum atomic E-state index is 0. The highest BCUT2D eigenvalue weighted by atomic mass is 127. The van der Waals surface area contributed by atoms with Gasteiger partial charge in [-0.25, -0.2) is 0 Å². The van der Waals surface area contributed by atoms with Crippen LogP contribution >= 0.6 is 24.0 Å². The van der Waals surface area contributed by atoms with E-state index in [0.29, 0.717) is 23.3 Å². The summed E-state index contributed by atoms with van der Waals surface area (Å²) in [6, 6.07) is 0.333. The van der Waals surface area contributed by atoms with Crippen LogP contribution in [0.2, 0.25) is 0 Å². The average Bonchev–Trinajstić information content (AvgIpc) is 3.34. The van der Waals surface area contributed by atoms with Crippen molar-refractivity contribution in [1.29, 1.82) is 0 Å². The molecule has 0 aromatic carbocycles. The summed E-state index contributed by atoms with van der Waals surface area (Å²) in [6.45, 7) is 7.98. The number of hydrogen-bond donors (Lipinski definition) is 2. The maximum absolute atomic E-state index is 12.6. The lowest BCUT2D eigenvalue weighted by Gasteiger charge is -2.23. The molecular weight excluding hydrogens is 439 g/mol. The number of nitrogens with zero attached hydrogens (tertiary/aromatic N) is 2. The second-order valence-electron chi connectivity index (χ2n) is 8.61. The number of aliphatic imine (C=N–C) groups is 1. The highest BCUT2D eigenvalue weighted by molar-refractivity contribution is 14.0. The molecule has 1 saturated heterocycles. The van der Waals surface area contributed by atoms with Crippen molar-refractivity contribution in [2.75, 3.05) is 26.2 Å². The summed E-state index contributed by atoms with van der Waals surface area (Å²) < 4.78 is 0. The summed E-state index contributed by atoms with van der Waals surface area (Å²) in [5, 5.41) is 6.96. The molecule has 3 rings (SSSR count). The molecule has 3 aliphatic rings. The Bertz CT molecular complexity index is 484. The van der Waals surface area contributed by atoms with Gasteiger partial charge in [0.25, 0.3) is 0 Å². The van der Waals surface area contributed by atoms with E-state index in [2.05, 4.69) is 29.4 Å². The number of halogens is 1. The SMILES string of the molecule is CCNC(=NCC1(C)CCCC1)NC1CCN(C(=O)C2CCCC2)C1.I. The molecule has 1 aliphatic heterocycles. The Morgan fingerprint density at radius 2 is 1.85 bits per heavy atom. The van der Waals surface area contributed by atoms with Crippen LogP contribution in [0.1, 0.15) is 71.6 Å². The molecule has 1 heterocycles. The van der Waals surface area contributed by atoms with Crippen LogP contribution in [0, 0.1) is 11.3 Å². The fraction of sp³-hybridized carbons (Fsp3) is 0.900. The molecule has 0 bridgehead atoms. The van der Waals surface area contributed by atoms with Crippen molar-refractivity contribution in [3.05, 3.63) is 0 Å². The molecular formula is C20H37IN4O. The smallest absolute Gasteiger partial charge is 0.225 e. The van der Waals surface area contributed by atoms with E-state index in [1.807, 2.05) is 0 Å². The first-order chi connectivity index (χ1) is 12.1. The van der Waals surface area contributed by atoms with Gasteiger partial charge in [-0.2, -0.15) is 0 Å². The van der Waals surface area contributed by atoms with Gasteiger partial charge in [-0.15, -0.1) is 24.0 Å². The van der Waals surface area contributed by atoms with Crippen molar-refractivity contribution in [2.24, 2.45) is 16.3 Å². The Morgan fingerprint density at radius 3 is 2.50 bits per heavy atom. The molecule has 0 spiro atoms. The number of rotatable bonds is 5. The van der Waals surface area contributed by atoms with Crippen molar-refractivity contribution in [2.45, 2.75) is 77.7 Å². The van der Waals surface area contributed by atoms with Gasteiger partial charge in [0.15, 0.2) is 5.96 Å². The largest absolute Gasteiger partial charge is 0.357 e. The third kappa shape index (κ3) is 5.73. The van der Waals surface area contributed by atoms with Gasteiger partial charge in [0.05, 0.1) is 0 Å². The molecule has 2 saturated carbocycles. The normalized spacial score (nSPS) is 26.0. The molecule has 2 N–H and O–H groups in total. The van der Waals surface area contributed by atoms with Crippen LogP contribution in [0.15, 0.2) is 4.99 Å². The molecule has 0 aromatic heterocycles. The van der Waals surface area contributed by atoms with E-state index in [-0.39, 0.29) is 24.0 Å². The van der Waals surface area contributed by atoms with Crippen LogP contribution in [0.25, 0.3) is 0 Å². The molecule has 150 valence electrons. The Hall–Kier alpha value is -0.530. The van der Waals surface area contributed by atoms with Crippen molar-refractivity contribution in [1.82, 2.24) is 15.5 Å². The highest BCUT2D eigenvalue weighted by Gasteiger charge is 2.33. The van der Waals surface area contributed by atoms with Crippen LogP contribution in [-0.2, 0) is 4.79 Å². The number of hydrogen-bond acceptors (Lipinski definition) is 2. The Labute approximate surface area is 176 Å². The topological polar surface area (TPSA) is 56.7 Å². The lowest BCUT2D eigenvalue weighted by atomic mass is 9.89. The van der Waals surface area contributed by atoms with Gasteiger partial charge in [0.2, 0.25) is 5.91 Å².